The van der Waals surface area contributed by atoms with Gasteiger partial charge in [-0.2, -0.15) is 0 Å². The second kappa shape index (κ2) is 4.78. The minimum absolute atomic E-state index is 0.0438. The lowest BCUT2D eigenvalue weighted by molar-refractivity contribution is 0.147. The Morgan fingerprint density at radius 2 is 2.12 bits per heavy atom. The van der Waals surface area contributed by atoms with Crippen LogP contribution >= 0.6 is 0 Å². The van der Waals surface area contributed by atoms with Gasteiger partial charge >= 0.3 is 0 Å². The monoisotopic (exact) mass is 254 g/mol. The van der Waals surface area contributed by atoms with E-state index in [1.807, 2.05) is 19.1 Å². The Bertz CT molecular complexity index is 493. The molecule has 2 rings (SSSR count). The molecule has 1 aliphatic rings. The first-order valence-corrected chi connectivity index (χ1v) is 7.69. The van der Waals surface area contributed by atoms with Gasteiger partial charge in [0.25, 0.3) is 0 Å². The number of hydrogen-bond donors (Lipinski definition) is 1. The van der Waals surface area contributed by atoms with Crippen LogP contribution in [0.1, 0.15) is 37.7 Å². The van der Waals surface area contributed by atoms with Crippen LogP contribution in [0.4, 0.5) is 0 Å². The highest BCUT2D eigenvalue weighted by atomic mass is 32.2. The minimum atomic E-state index is -3.13. The summed E-state index contributed by atoms with van der Waals surface area (Å²) in [5.74, 6) is 0.102. The minimum Gasteiger partial charge on any atom is -0.393 e. The topological polar surface area (TPSA) is 54.4 Å². The van der Waals surface area contributed by atoms with Gasteiger partial charge in [-0.1, -0.05) is 31.5 Å². The first-order chi connectivity index (χ1) is 8.04. The van der Waals surface area contributed by atoms with Gasteiger partial charge in [-0.25, -0.2) is 8.42 Å². The number of benzene rings is 1. The molecule has 17 heavy (non-hydrogen) atoms. The Hall–Kier alpha value is -0.870. The van der Waals surface area contributed by atoms with E-state index < -0.39 is 15.9 Å². The van der Waals surface area contributed by atoms with Crippen molar-refractivity contribution >= 4 is 9.84 Å². The summed E-state index contributed by atoms with van der Waals surface area (Å²) in [5, 5.41) is 9.81. The molecule has 1 aromatic carbocycles. The van der Waals surface area contributed by atoms with Crippen LogP contribution in [-0.4, -0.2) is 25.4 Å². The predicted octanol–water partition coefficient (Wildman–Crippen LogP) is 2.11. The van der Waals surface area contributed by atoms with Gasteiger partial charge in [-0.15, -0.1) is 0 Å². The van der Waals surface area contributed by atoms with Crippen LogP contribution in [0.15, 0.2) is 29.2 Å². The zero-order valence-corrected chi connectivity index (χ0v) is 10.8. The maximum atomic E-state index is 11.9. The molecule has 94 valence electrons. The molecule has 0 bridgehead atoms. The maximum Gasteiger partial charge on any atom is 0.179 e. The standard InChI is InChI=1S/C13H18O3S/c1-2-5-11(14)8-10-9-17(15,16)13-7-4-3-6-12(10)13/h3-4,6-7,10-11,14H,2,5,8-9H2,1H3. The van der Waals surface area contributed by atoms with Crippen molar-refractivity contribution in [3.8, 4) is 0 Å². The van der Waals surface area contributed by atoms with Gasteiger partial charge in [0.1, 0.15) is 0 Å². The number of rotatable bonds is 4. The summed E-state index contributed by atoms with van der Waals surface area (Å²) >= 11 is 0. The lowest BCUT2D eigenvalue weighted by atomic mass is 9.94. The molecule has 0 radical (unpaired) electrons. The Balaban J connectivity index is 2.23. The molecule has 1 N–H and O–H groups in total. The molecular formula is C13H18O3S. The molecule has 4 heteroatoms. The zero-order chi connectivity index (χ0) is 12.5. The zero-order valence-electron chi connectivity index (χ0n) is 9.96. The highest BCUT2D eigenvalue weighted by Crippen LogP contribution is 2.37. The summed E-state index contributed by atoms with van der Waals surface area (Å²) in [6.07, 6.45) is 1.80. The van der Waals surface area contributed by atoms with Crippen molar-refractivity contribution in [2.24, 2.45) is 0 Å². The van der Waals surface area contributed by atoms with Crippen molar-refractivity contribution in [3.63, 3.8) is 0 Å². The molecule has 2 unspecified atom stereocenters. The van der Waals surface area contributed by atoms with E-state index in [0.717, 1.165) is 18.4 Å². The molecule has 1 aromatic rings. The van der Waals surface area contributed by atoms with Crippen LogP contribution in [0.5, 0.6) is 0 Å². The molecule has 0 aromatic heterocycles. The Labute approximate surface area is 102 Å². The SMILES string of the molecule is CCCC(O)CC1CS(=O)(=O)c2ccccc21. The predicted molar refractivity (Wildman–Crippen MR) is 66.8 cm³/mol. The van der Waals surface area contributed by atoms with Gasteiger partial charge in [-0.3, -0.25) is 0 Å². The molecule has 0 saturated carbocycles. The second-order valence-electron chi connectivity index (χ2n) is 4.69. The van der Waals surface area contributed by atoms with Crippen molar-refractivity contribution < 1.29 is 13.5 Å². The Kier molecular flexibility index (Phi) is 3.54. The van der Waals surface area contributed by atoms with Gasteiger partial charge < -0.3 is 5.11 Å². The third-order valence-corrected chi connectivity index (χ3v) is 5.18. The third kappa shape index (κ3) is 2.53. The van der Waals surface area contributed by atoms with Crippen molar-refractivity contribution in [1.82, 2.24) is 0 Å². The van der Waals surface area contributed by atoms with E-state index in [2.05, 4.69) is 0 Å². The van der Waals surface area contributed by atoms with Crippen molar-refractivity contribution in [2.75, 3.05) is 5.75 Å². The summed E-state index contributed by atoms with van der Waals surface area (Å²) in [6, 6.07) is 7.14. The Morgan fingerprint density at radius 1 is 1.41 bits per heavy atom. The number of aliphatic hydroxyl groups is 1. The Morgan fingerprint density at radius 3 is 2.82 bits per heavy atom. The number of aliphatic hydroxyl groups excluding tert-OH is 1. The average Bonchev–Trinajstić information content (AvgIpc) is 2.52. The highest BCUT2D eigenvalue weighted by molar-refractivity contribution is 7.91. The van der Waals surface area contributed by atoms with E-state index in [9.17, 15) is 13.5 Å². The van der Waals surface area contributed by atoms with Crippen molar-refractivity contribution in [3.05, 3.63) is 29.8 Å². The summed E-state index contributed by atoms with van der Waals surface area (Å²) in [6.45, 7) is 2.02. The summed E-state index contributed by atoms with van der Waals surface area (Å²) in [5.41, 5.74) is 0.877. The van der Waals surface area contributed by atoms with E-state index >= 15 is 0 Å². The molecule has 0 amide bonds. The van der Waals surface area contributed by atoms with E-state index in [1.165, 1.54) is 0 Å². The van der Waals surface area contributed by atoms with Crippen LogP contribution in [0.3, 0.4) is 0 Å². The first-order valence-electron chi connectivity index (χ1n) is 6.04. The molecule has 0 spiro atoms. The molecular weight excluding hydrogens is 236 g/mol. The van der Waals surface area contributed by atoms with Crippen LogP contribution in [-0.2, 0) is 9.84 Å². The largest absolute Gasteiger partial charge is 0.393 e. The molecule has 2 atom stereocenters. The van der Waals surface area contributed by atoms with Crippen molar-refractivity contribution in [2.45, 2.75) is 43.1 Å². The average molecular weight is 254 g/mol. The molecule has 0 saturated heterocycles. The quantitative estimate of drug-likeness (QED) is 0.895. The number of sulfone groups is 1. The van der Waals surface area contributed by atoms with E-state index in [1.54, 1.807) is 12.1 Å². The van der Waals surface area contributed by atoms with Crippen LogP contribution in [0, 0.1) is 0 Å². The van der Waals surface area contributed by atoms with Crippen LogP contribution in [0.2, 0.25) is 0 Å². The maximum absolute atomic E-state index is 11.9. The second-order valence-corrected chi connectivity index (χ2v) is 6.70. The molecule has 1 heterocycles. The molecule has 1 aliphatic heterocycles. The number of fused-ring (bicyclic) bond motifs is 1. The van der Waals surface area contributed by atoms with E-state index in [0.29, 0.717) is 11.3 Å². The normalized spacial score (nSPS) is 23.3. The fourth-order valence-corrected chi connectivity index (χ4v) is 4.42. The first kappa shape index (κ1) is 12.6. The summed E-state index contributed by atoms with van der Waals surface area (Å²) < 4.78 is 23.8. The third-order valence-electron chi connectivity index (χ3n) is 3.29. The van der Waals surface area contributed by atoms with Crippen LogP contribution < -0.4 is 0 Å². The fraction of sp³-hybridized carbons (Fsp3) is 0.538. The smallest absolute Gasteiger partial charge is 0.179 e. The molecule has 0 fully saturated rings. The van der Waals surface area contributed by atoms with Crippen LogP contribution in [0.25, 0.3) is 0 Å². The summed E-state index contributed by atoms with van der Waals surface area (Å²) in [4.78, 5) is 0.452. The van der Waals surface area contributed by atoms with E-state index in [-0.39, 0.29) is 11.7 Å². The fourth-order valence-electron chi connectivity index (χ4n) is 2.52. The van der Waals surface area contributed by atoms with Gasteiger partial charge in [0, 0.05) is 5.92 Å². The van der Waals surface area contributed by atoms with Crippen molar-refractivity contribution in [1.29, 1.82) is 0 Å². The highest BCUT2D eigenvalue weighted by Gasteiger charge is 2.34. The molecule has 3 nitrogen and oxygen atoms in total. The lowest BCUT2D eigenvalue weighted by Crippen LogP contribution is -2.13. The number of hydrogen-bond acceptors (Lipinski definition) is 3. The molecule has 0 aliphatic carbocycles. The van der Waals surface area contributed by atoms with Gasteiger partial charge in [0.05, 0.1) is 16.8 Å². The van der Waals surface area contributed by atoms with Gasteiger partial charge in [0.15, 0.2) is 9.84 Å². The lowest BCUT2D eigenvalue weighted by Gasteiger charge is -2.14. The van der Waals surface area contributed by atoms with Gasteiger partial charge in [-0.05, 0) is 24.5 Å². The van der Waals surface area contributed by atoms with E-state index in [4.69, 9.17) is 0 Å². The van der Waals surface area contributed by atoms with Gasteiger partial charge in [0.2, 0.25) is 0 Å². The summed E-state index contributed by atoms with van der Waals surface area (Å²) in [7, 11) is -3.13.